The molecule has 20 heavy (non-hydrogen) atoms. The Bertz CT molecular complexity index is 575. The van der Waals surface area contributed by atoms with E-state index in [1.165, 1.54) is 12.8 Å². The van der Waals surface area contributed by atoms with Crippen LogP contribution in [-0.2, 0) is 5.88 Å². The Morgan fingerprint density at radius 3 is 2.60 bits per heavy atom. The minimum atomic E-state index is 0.411. The van der Waals surface area contributed by atoms with Crippen molar-refractivity contribution in [3.8, 4) is 0 Å². The van der Waals surface area contributed by atoms with Crippen LogP contribution in [0.3, 0.4) is 0 Å². The van der Waals surface area contributed by atoms with E-state index in [4.69, 9.17) is 23.2 Å². The van der Waals surface area contributed by atoms with Crippen molar-refractivity contribution in [1.29, 1.82) is 0 Å². The van der Waals surface area contributed by atoms with Crippen LogP contribution in [0.4, 0.5) is 0 Å². The molecule has 1 atom stereocenters. The number of rotatable bonds is 6. The summed E-state index contributed by atoms with van der Waals surface area (Å²) in [6, 6.07) is 6.28. The third kappa shape index (κ3) is 3.48. The highest BCUT2D eigenvalue weighted by Crippen LogP contribution is 2.27. The summed E-state index contributed by atoms with van der Waals surface area (Å²) in [5.41, 5.74) is 2.06. The standard InChI is InChI=1S/C16H22Cl2N2/c1-11(2)5-4-6-12(3)20-15-8-7-13(18)9-14(15)19-16(20)10-17/h7-9,11-12H,4-6,10H2,1-3H3. The first-order valence-electron chi connectivity index (χ1n) is 7.25. The van der Waals surface area contributed by atoms with Gasteiger partial charge >= 0.3 is 0 Å². The average molecular weight is 313 g/mol. The van der Waals surface area contributed by atoms with Crippen LogP contribution in [0.2, 0.25) is 5.02 Å². The summed E-state index contributed by atoms with van der Waals surface area (Å²) in [5.74, 6) is 2.12. The molecule has 2 aromatic rings. The Hall–Kier alpha value is -0.730. The lowest BCUT2D eigenvalue weighted by atomic mass is 10.0. The third-order valence-corrected chi connectivity index (χ3v) is 4.16. The summed E-state index contributed by atoms with van der Waals surface area (Å²) in [7, 11) is 0. The number of hydrogen-bond acceptors (Lipinski definition) is 1. The summed E-state index contributed by atoms with van der Waals surface area (Å²) in [6.45, 7) is 6.78. The molecule has 0 bridgehead atoms. The van der Waals surface area contributed by atoms with Crippen molar-refractivity contribution in [3.05, 3.63) is 29.0 Å². The number of nitrogens with zero attached hydrogens (tertiary/aromatic N) is 2. The Balaban J connectivity index is 2.27. The number of alkyl halides is 1. The zero-order valence-electron chi connectivity index (χ0n) is 12.4. The Morgan fingerprint density at radius 2 is 1.95 bits per heavy atom. The van der Waals surface area contributed by atoms with Gasteiger partial charge in [-0.05, 0) is 37.5 Å². The van der Waals surface area contributed by atoms with E-state index in [-0.39, 0.29) is 0 Å². The monoisotopic (exact) mass is 312 g/mol. The van der Waals surface area contributed by atoms with Gasteiger partial charge in [-0.25, -0.2) is 4.98 Å². The van der Waals surface area contributed by atoms with Crippen LogP contribution in [0, 0.1) is 5.92 Å². The van der Waals surface area contributed by atoms with Crippen molar-refractivity contribution in [2.75, 3.05) is 0 Å². The van der Waals surface area contributed by atoms with Gasteiger partial charge in [-0.15, -0.1) is 11.6 Å². The van der Waals surface area contributed by atoms with Gasteiger partial charge in [0.05, 0.1) is 16.9 Å². The first-order chi connectivity index (χ1) is 9.52. The van der Waals surface area contributed by atoms with Gasteiger partial charge in [0.25, 0.3) is 0 Å². The highest BCUT2D eigenvalue weighted by molar-refractivity contribution is 6.31. The smallest absolute Gasteiger partial charge is 0.125 e. The molecular weight excluding hydrogens is 291 g/mol. The van der Waals surface area contributed by atoms with Gasteiger partial charge in [0, 0.05) is 11.1 Å². The van der Waals surface area contributed by atoms with Crippen LogP contribution in [0.25, 0.3) is 11.0 Å². The number of aromatic nitrogens is 2. The quantitative estimate of drug-likeness (QED) is 0.615. The molecule has 0 aliphatic rings. The van der Waals surface area contributed by atoms with E-state index in [9.17, 15) is 0 Å². The average Bonchev–Trinajstić information content (AvgIpc) is 2.75. The molecule has 2 nitrogen and oxygen atoms in total. The molecule has 1 unspecified atom stereocenters. The molecule has 0 aliphatic carbocycles. The zero-order chi connectivity index (χ0) is 14.7. The van der Waals surface area contributed by atoms with Gasteiger partial charge < -0.3 is 4.57 Å². The van der Waals surface area contributed by atoms with Crippen LogP contribution in [0.5, 0.6) is 0 Å². The minimum absolute atomic E-state index is 0.411. The van der Waals surface area contributed by atoms with Crippen molar-refractivity contribution < 1.29 is 0 Å². The molecule has 1 aromatic carbocycles. The SMILES string of the molecule is CC(C)CCCC(C)n1c(CCl)nc2cc(Cl)ccc21. The summed E-state index contributed by atoms with van der Waals surface area (Å²) in [4.78, 5) is 4.60. The largest absolute Gasteiger partial charge is 0.324 e. The van der Waals surface area contributed by atoms with Crippen molar-refractivity contribution in [1.82, 2.24) is 9.55 Å². The number of hydrogen-bond donors (Lipinski definition) is 0. The van der Waals surface area contributed by atoms with Crippen LogP contribution in [-0.4, -0.2) is 9.55 Å². The van der Waals surface area contributed by atoms with Crippen molar-refractivity contribution in [2.24, 2.45) is 5.92 Å². The highest BCUT2D eigenvalue weighted by Gasteiger charge is 2.15. The van der Waals surface area contributed by atoms with Gasteiger partial charge in [-0.2, -0.15) is 0 Å². The fraction of sp³-hybridized carbons (Fsp3) is 0.562. The van der Waals surface area contributed by atoms with Crippen LogP contribution in [0.15, 0.2) is 18.2 Å². The molecule has 0 radical (unpaired) electrons. The second-order valence-electron chi connectivity index (χ2n) is 5.84. The maximum absolute atomic E-state index is 6.06. The first kappa shape index (κ1) is 15.7. The van der Waals surface area contributed by atoms with Gasteiger partial charge in [0.1, 0.15) is 5.82 Å². The van der Waals surface area contributed by atoms with E-state index < -0.39 is 0 Å². The van der Waals surface area contributed by atoms with Gasteiger partial charge in [-0.3, -0.25) is 0 Å². The van der Waals surface area contributed by atoms with Crippen molar-refractivity contribution in [2.45, 2.75) is 52.0 Å². The van der Waals surface area contributed by atoms with Crippen molar-refractivity contribution >= 4 is 34.2 Å². The fourth-order valence-corrected chi connectivity index (χ4v) is 3.01. The molecule has 0 spiro atoms. The lowest BCUT2D eigenvalue weighted by Crippen LogP contribution is -2.09. The maximum atomic E-state index is 6.06. The predicted octanol–water partition coefficient (Wildman–Crippen LogP) is 5.82. The number of halogens is 2. The molecule has 4 heteroatoms. The number of fused-ring (bicyclic) bond motifs is 1. The first-order valence-corrected chi connectivity index (χ1v) is 8.16. The van der Waals surface area contributed by atoms with E-state index in [0.717, 1.165) is 34.2 Å². The molecule has 0 N–H and O–H groups in total. The van der Waals surface area contributed by atoms with Crippen molar-refractivity contribution in [3.63, 3.8) is 0 Å². The minimum Gasteiger partial charge on any atom is -0.324 e. The molecule has 110 valence electrons. The lowest BCUT2D eigenvalue weighted by Gasteiger charge is -2.17. The van der Waals surface area contributed by atoms with Crippen LogP contribution < -0.4 is 0 Å². The van der Waals surface area contributed by atoms with Gasteiger partial charge in [-0.1, -0.05) is 38.3 Å². The second kappa shape index (κ2) is 6.82. The molecule has 1 aromatic heterocycles. The molecule has 0 saturated heterocycles. The molecule has 0 aliphatic heterocycles. The molecule has 2 rings (SSSR count). The molecule has 0 fully saturated rings. The van der Waals surface area contributed by atoms with Gasteiger partial charge in [0.2, 0.25) is 0 Å². The Kier molecular flexibility index (Phi) is 5.34. The summed E-state index contributed by atoms with van der Waals surface area (Å²) >= 11 is 12.1. The van der Waals surface area contributed by atoms with E-state index in [2.05, 4.69) is 30.3 Å². The number of benzene rings is 1. The summed E-state index contributed by atoms with van der Waals surface area (Å²) in [5, 5.41) is 0.718. The summed E-state index contributed by atoms with van der Waals surface area (Å²) in [6.07, 6.45) is 3.64. The van der Waals surface area contributed by atoms with Crippen LogP contribution in [0.1, 0.15) is 51.9 Å². The predicted molar refractivity (Wildman–Crippen MR) is 87.7 cm³/mol. The normalized spacial score (nSPS) is 13.3. The van der Waals surface area contributed by atoms with E-state index >= 15 is 0 Å². The fourth-order valence-electron chi connectivity index (χ4n) is 2.66. The molecular formula is C16H22Cl2N2. The Morgan fingerprint density at radius 1 is 1.20 bits per heavy atom. The lowest BCUT2D eigenvalue weighted by molar-refractivity contribution is 0.447. The van der Waals surface area contributed by atoms with E-state index in [1.807, 2.05) is 18.2 Å². The summed E-state index contributed by atoms with van der Waals surface area (Å²) < 4.78 is 2.26. The molecule has 0 saturated carbocycles. The highest BCUT2D eigenvalue weighted by atomic mass is 35.5. The van der Waals surface area contributed by atoms with Gasteiger partial charge in [0.15, 0.2) is 0 Å². The third-order valence-electron chi connectivity index (χ3n) is 3.69. The van der Waals surface area contributed by atoms with E-state index in [1.54, 1.807) is 0 Å². The van der Waals surface area contributed by atoms with Crippen LogP contribution >= 0.6 is 23.2 Å². The van der Waals surface area contributed by atoms with E-state index in [0.29, 0.717) is 11.9 Å². The number of imidazole rings is 1. The topological polar surface area (TPSA) is 17.8 Å². The molecule has 1 heterocycles. The maximum Gasteiger partial charge on any atom is 0.125 e. The second-order valence-corrected chi connectivity index (χ2v) is 6.54. The zero-order valence-corrected chi connectivity index (χ0v) is 13.9. The molecule has 0 amide bonds. The Labute approximate surface area is 131 Å².